The van der Waals surface area contributed by atoms with Crippen LogP contribution in [0.15, 0.2) is 22.6 Å². The Hall–Kier alpha value is -2.50. The predicted molar refractivity (Wildman–Crippen MR) is 67.0 cm³/mol. The molecule has 0 aliphatic rings. The maximum Gasteiger partial charge on any atom is 0.412 e. The molecule has 2 rings (SSSR count). The molecule has 0 unspecified atom stereocenters. The Labute approximate surface area is 108 Å². The molecule has 0 saturated heterocycles. The van der Waals surface area contributed by atoms with E-state index >= 15 is 0 Å². The number of furan rings is 1. The number of ether oxygens (including phenoxy) is 1. The minimum absolute atomic E-state index is 0.0198. The van der Waals surface area contributed by atoms with Gasteiger partial charge in [0.2, 0.25) is 0 Å². The highest BCUT2D eigenvalue weighted by molar-refractivity contribution is 6.07. The molecule has 0 spiro atoms. The number of hydrogen-bond donors (Lipinski definition) is 2. The van der Waals surface area contributed by atoms with Crippen molar-refractivity contribution in [1.29, 1.82) is 0 Å². The topological polar surface area (TPSA) is 103 Å². The fourth-order valence-corrected chi connectivity index (χ4v) is 1.86. The van der Waals surface area contributed by atoms with Gasteiger partial charge in [-0.15, -0.1) is 0 Å². The maximum absolute atomic E-state index is 11.9. The molecule has 0 radical (unpaired) electrons. The molecule has 2 aromatic rings. The lowest BCUT2D eigenvalue weighted by Gasteiger charge is -2.04. The standard InChI is InChI=1S/C13H13NO5/c1-6(2)11-10(12(16)19-13(14)17)8-4-3-7(15)5-9(8)18-11/h3-6,15H,1-2H3,(H2,14,17). The number of amides is 1. The highest BCUT2D eigenvalue weighted by Crippen LogP contribution is 2.33. The Morgan fingerprint density at radius 2 is 2.05 bits per heavy atom. The first kappa shape index (κ1) is 12.9. The number of carbonyl (C=O) groups is 2. The quantitative estimate of drug-likeness (QED) is 0.640. The van der Waals surface area contributed by atoms with Gasteiger partial charge < -0.3 is 20.0 Å². The average Bonchev–Trinajstić information content (AvgIpc) is 2.66. The molecule has 0 bridgehead atoms. The van der Waals surface area contributed by atoms with Crippen LogP contribution in [0.4, 0.5) is 4.79 Å². The summed E-state index contributed by atoms with van der Waals surface area (Å²) in [4.78, 5) is 22.6. The van der Waals surface area contributed by atoms with Crippen molar-refractivity contribution < 1.29 is 23.8 Å². The summed E-state index contributed by atoms with van der Waals surface area (Å²) < 4.78 is 9.93. The van der Waals surface area contributed by atoms with Gasteiger partial charge >= 0.3 is 12.1 Å². The fraction of sp³-hybridized carbons (Fsp3) is 0.231. The van der Waals surface area contributed by atoms with E-state index in [1.165, 1.54) is 18.2 Å². The third-order valence-corrected chi connectivity index (χ3v) is 2.62. The summed E-state index contributed by atoms with van der Waals surface area (Å²) >= 11 is 0. The Balaban J connectivity index is 2.65. The van der Waals surface area contributed by atoms with Gasteiger partial charge in [-0.05, 0) is 12.1 Å². The zero-order valence-corrected chi connectivity index (χ0v) is 10.5. The Morgan fingerprint density at radius 1 is 1.37 bits per heavy atom. The van der Waals surface area contributed by atoms with Crippen molar-refractivity contribution in [2.24, 2.45) is 5.73 Å². The molecular weight excluding hydrogens is 250 g/mol. The second-order valence-electron chi connectivity index (χ2n) is 4.39. The molecule has 6 nitrogen and oxygen atoms in total. The lowest BCUT2D eigenvalue weighted by atomic mass is 10.0. The number of hydrogen-bond acceptors (Lipinski definition) is 5. The molecule has 6 heteroatoms. The number of rotatable bonds is 2. The molecule has 0 saturated carbocycles. The van der Waals surface area contributed by atoms with Crippen molar-refractivity contribution in [3.8, 4) is 5.75 Å². The van der Waals surface area contributed by atoms with E-state index in [0.29, 0.717) is 16.7 Å². The summed E-state index contributed by atoms with van der Waals surface area (Å²) in [5.41, 5.74) is 5.34. The first-order valence-corrected chi connectivity index (χ1v) is 5.67. The highest BCUT2D eigenvalue weighted by atomic mass is 16.6. The van der Waals surface area contributed by atoms with Gasteiger partial charge in [0, 0.05) is 17.4 Å². The number of primary amides is 1. The van der Waals surface area contributed by atoms with Crippen molar-refractivity contribution in [3.05, 3.63) is 29.5 Å². The number of carbonyl (C=O) groups excluding carboxylic acids is 2. The van der Waals surface area contributed by atoms with Crippen LogP contribution in [0.3, 0.4) is 0 Å². The third-order valence-electron chi connectivity index (χ3n) is 2.62. The smallest absolute Gasteiger partial charge is 0.412 e. The highest BCUT2D eigenvalue weighted by Gasteiger charge is 2.25. The summed E-state index contributed by atoms with van der Waals surface area (Å²) in [6, 6.07) is 4.34. The lowest BCUT2D eigenvalue weighted by Crippen LogP contribution is -2.19. The van der Waals surface area contributed by atoms with E-state index in [2.05, 4.69) is 4.74 Å². The zero-order chi connectivity index (χ0) is 14.2. The van der Waals surface area contributed by atoms with E-state index < -0.39 is 12.1 Å². The van der Waals surface area contributed by atoms with Crippen LogP contribution in [0.1, 0.15) is 35.9 Å². The summed E-state index contributed by atoms with van der Waals surface area (Å²) in [6.07, 6.45) is -1.17. The summed E-state index contributed by atoms with van der Waals surface area (Å²) in [5.74, 6) is -0.552. The second-order valence-corrected chi connectivity index (χ2v) is 4.39. The van der Waals surface area contributed by atoms with Crippen LogP contribution in [0.25, 0.3) is 11.0 Å². The maximum atomic E-state index is 11.9. The molecule has 0 fully saturated rings. The summed E-state index contributed by atoms with van der Waals surface area (Å²) in [6.45, 7) is 3.66. The number of benzene rings is 1. The van der Waals surface area contributed by atoms with E-state index in [1.54, 1.807) is 0 Å². The van der Waals surface area contributed by atoms with Crippen molar-refractivity contribution >= 4 is 23.0 Å². The van der Waals surface area contributed by atoms with E-state index in [1.807, 2.05) is 13.8 Å². The van der Waals surface area contributed by atoms with E-state index in [-0.39, 0.29) is 17.2 Å². The van der Waals surface area contributed by atoms with Crippen LogP contribution >= 0.6 is 0 Å². The Bertz CT molecular complexity index is 656. The van der Waals surface area contributed by atoms with Gasteiger partial charge in [0.05, 0.1) is 0 Å². The first-order valence-electron chi connectivity index (χ1n) is 5.67. The van der Waals surface area contributed by atoms with Crippen LogP contribution in [-0.2, 0) is 4.74 Å². The largest absolute Gasteiger partial charge is 0.508 e. The second kappa shape index (κ2) is 4.64. The van der Waals surface area contributed by atoms with Crippen LogP contribution in [0.2, 0.25) is 0 Å². The van der Waals surface area contributed by atoms with E-state index in [4.69, 9.17) is 10.2 Å². The summed E-state index contributed by atoms with van der Waals surface area (Å²) in [5, 5.41) is 9.87. The number of nitrogens with two attached hydrogens (primary N) is 1. The predicted octanol–water partition coefficient (Wildman–Crippen LogP) is 2.50. The van der Waals surface area contributed by atoms with Crippen molar-refractivity contribution in [2.45, 2.75) is 19.8 Å². The number of esters is 1. The summed E-state index contributed by atoms with van der Waals surface area (Å²) in [7, 11) is 0. The van der Waals surface area contributed by atoms with Gasteiger partial charge in [0.1, 0.15) is 22.7 Å². The van der Waals surface area contributed by atoms with Crippen LogP contribution in [-0.4, -0.2) is 17.2 Å². The van der Waals surface area contributed by atoms with Gasteiger partial charge in [-0.1, -0.05) is 13.8 Å². The van der Waals surface area contributed by atoms with Gasteiger partial charge in [-0.2, -0.15) is 0 Å². The normalized spacial score (nSPS) is 10.9. The Morgan fingerprint density at radius 3 is 2.63 bits per heavy atom. The average molecular weight is 263 g/mol. The van der Waals surface area contributed by atoms with Crippen molar-refractivity contribution in [2.75, 3.05) is 0 Å². The molecule has 1 aromatic heterocycles. The minimum atomic E-state index is -1.17. The van der Waals surface area contributed by atoms with Crippen LogP contribution < -0.4 is 5.73 Å². The van der Waals surface area contributed by atoms with Gasteiger partial charge in [-0.3, -0.25) is 0 Å². The number of aromatic hydroxyl groups is 1. The molecule has 3 N–H and O–H groups in total. The van der Waals surface area contributed by atoms with E-state index in [0.717, 1.165) is 0 Å². The van der Waals surface area contributed by atoms with E-state index in [9.17, 15) is 14.7 Å². The Kier molecular flexibility index (Phi) is 3.16. The van der Waals surface area contributed by atoms with Crippen molar-refractivity contribution in [1.82, 2.24) is 0 Å². The number of phenolic OH excluding ortho intramolecular Hbond substituents is 1. The van der Waals surface area contributed by atoms with Gasteiger partial charge in [-0.25, -0.2) is 9.59 Å². The minimum Gasteiger partial charge on any atom is -0.508 e. The number of phenols is 1. The number of fused-ring (bicyclic) bond motifs is 1. The molecule has 1 amide bonds. The molecule has 100 valence electrons. The molecule has 1 aromatic carbocycles. The molecule has 0 aliphatic carbocycles. The van der Waals surface area contributed by atoms with Crippen molar-refractivity contribution in [3.63, 3.8) is 0 Å². The SMILES string of the molecule is CC(C)c1oc2cc(O)ccc2c1C(=O)OC(N)=O. The molecule has 1 heterocycles. The monoisotopic (exact) mass is 263 g/mol. The fourth-order valence-electron chi connectivity index (χ4n) is 1.86. The van der Waals surface area contributed by atoms with Crippen LogP contribution in [0.5, 0.6) is 5.75 Å². The zero-order valence-electron chi connectivity index (χ0n) is 10.5. The van der Waals surface area contributed by atoms with Crippen LogP contribution in [0, 0.1) is 0 Å². The molecule has 0 aliphatic heterocycles. The molecular formula is C13H13NO5. The molecule has 19 heavy (non-hydrogen) atoms. The lowest BCUT2D eigenvalue weighted by molar-refractivity contribution is 0.0637. The van der Waals surface area contributed by atoms with Gasteiger partial charge in [0.25, 0.3) is 0 Å². The molecule has 0 atom stereocenters. The van der Waals surface area contributed by atoms with Gasteiger partial charge in [0.15, 0.2) is 0 Å². The third kappa shape index (κ3) is 2.37. The first-order chi connectivity index (χ1) is 8.90.